The van der Waals surface area contributed by atoms with Crippen LogP contribution in [0.15, 0.2) is 36.5 Å². The molecule has 1 N–H and O–H groups in total. The normalized spacial score (nSPS) is 16.5. The van der Waals surface area contributed by atoms with Crippen molar-refractivity contribution in [3.63, 3.8) is 0 Å². The fraction of sp³-hybridized carbons (Fsp3) is 0.368. The number of aromatic amines is 1. The third kappa shape index (κ3) is 3.37. The number of H-pyrrole nitrogens is 1. The first kappa shape index (κ1) is 16.5. The van der Waals surface area contributed by atoms with Gasteiger partial charge in [-0.15, -0.1) is 0 Å². The molecule has 7 nitrogen and oxygen atoms in total. The highest BCUT2D eigenvalue weighted by Gasteiger charge is 2.25. The molecular weight excluding hydrogens is 334 g/mol. The number of hydrogen-bond acceptors (Lipinski definition) is 4. The van der Waals surface area contributed by atoms with Crippen LogP contribution in [0.2, 0.25) is 0 Å². The zero-order valence-corrected chi connectivity index (χ0v) is 14.4. The van der Waals surface area contributed by atoms with Crippen LogP contribution in [-0.2, 0) is 11.2 Å². The lowest BCUT2D eigenvalue weighted by Crippen LogP contribution is -2.51. The zero-order chi connectivity index (χ0) is 17.9. The third-order valence-corrected chi connectivity index (χ3v) is 4.71. The highest BCUT2D eigenvalue weighted by Crippen LogP contribution is 2.31. The van der Waals surface area contributed by atoms with Crippen molar-refractivity contribution in [3.8, 4) is 11.5 Å². The van der Waals surface area contributed by atoms with Crippen LogP contribution in [0, 0.1) is 0 Å². The molecule has 0 atom stereocenters. The van der Waals surface area contributed by atoms with E-state index in [-0.39, 0.29) is 11.8 Å². The maximum Gasteiger partial charge on any atom is 0.270 e. The number of amides is 2. The lowest BCUT2D eigenvalue weighted by atomic mass is 10.1. The molecule has 0 aliphatic carbocycles. The van der Waals surface area contributed by atoms with E-state index in [1.165, 1.54) is 0 Å². The average Bonchev–Trinajstić information content (AvgIpc) is 3.22. The van der Waals surface area contributed by atoms with Crippen LogP contribution in [0.1, 0.15) is 16.1 Å². The molecule has 1 aromatic carbocycles. The first-order valence-electron chi connectivity index (χ1n) is 8.80. The van der Waals surface area contributed by atoms with Crippen molar-refractivity contribution >= 4 is 11.8 Å². The van der Waals surface area contributed by atoms with Gasteiger partial charge in [0, 0.05) is 32.4 Å². The van der Waals surface area contributed by atoms with Crippen LogP contribution in [0.4, 0.5) is 0 Å². The van der Waals surface area contributed by atoms with Crippen molar-refractivity contribution < 1.29 is 19.1 Å². The second kappa shape index (κ2) is 7.11. The van der Waals surface area contributed by atoms with Gasteiger partial charge in [0.2, 0.25) is 5.91 Å². The Bertz CT molecular complexity index is 795. The summed E-state index contributed by atoms with van der Waals surface area (Å²) in [4.78, 5) is 31.4. The number of aromatic nitrogens is 1. The highest BCUT2D eigenvalue weighted by atomic mass is 16.6. The van der Waals surface area contributed by atoms with E-state index in [2.05, 4.69) is 4.98 Å². The Morgan fingerprint density at radius 1 is 0.962 bits per heavy atom. The predicted molar refractivity (Wildman–Crippen MR) is 94.4 cm³/mol. The Kier molecular flexibility index (Phi) is 4.51. The van der Waals surface area contributed by atoms with Gasteiger partial charge in [0.1, 0.15) is 18.9 Å². The van der Waals surface area contributed by atoms with Crippen LogP contribution < -0.4 is 9.47 Å². The largest absolute Gasteiger partial charge is 0.486 e. The molecule has 1 saturated heterocycles. The number of fused-ring (bicyclic) bond motifs is 1. The highest BCUT2D eigenvalue weighted by molar-refractivity contribution is 5.92. The number of piperazine rings is 1. The van der Waals surface area contributed by atoms with E-state index in [0.29, 0.717) is 57.3 Å². The van der Waals surface area contributed by atoms with Gasteiger partial charge in [-0.25, -0.2) is 0 Å². The van der Waals surface area contributed by atoms with Gasteiger partial charge in [-0.05, 0) is 29.8 Å². The summed E-state index contributed by atoms with van der Waals surface area (Å²) in [6.07, 6.45) is 2.06. The molecule has 0 unspecified atom stereocenters. The van der Waals surface area contributed by atoms with Crippen molar-refractivity contribution in [2.75, 3.05) is 39.4 Å². The van der Waals surface area contributed by atoms with Crippen molar-refractivity contribution in [2.24, 2.45) is 0 Å². The summed E-state index contributed by atoms with van der Waals surface area (Å²) in [5.74, 6) is 1.47. The number of benzene rings is 1. The molecule has 136 valence electrons. The number of nitrogens with one attached hydrogen (secondary N) is 1. The quantitative estimate of drug-likeness (QED) is 0.901. The number of carbonyl (C=O) groups is 2. The first-order valence-corrected chi connectivity index (χ1v) is 8.80. The van der Waals surface area contributed by atoms with E-state index in [4.69, 9.17) is 9.47 Å². The number of hydrogen-bond donors (Lipinski definition) is 1. The van der Waals surface area contributed by atoms with Crippen molar-refractivity contribution in [2.45, 2.75) is 6.42 Å². The van der Waals surface area contributed by atoms with Crippen LogP contribution in [0.5, 0.6) is 11.5 Å². The number of rotatable bonds is 3. The number of carbonyl (C=O) groups excluding carboxylic acids is 2. The molecule has 0 spiro atoms. The summed E-state index contributed by atoms with van der Waals surface area (Å²) < 4.78 is 11.1. The molecule has 1 fully saturated rings. The van der Waals surface area contributed by atoms with E-state index in [0.717, 1.165) is 11.3 Å². The lowest BCUT2D eigenvalue weighted by molar-refractivity contribution is -0.131. The van der Waals surface area contributed by atoms with Gasteiger partial charge in [0.15, 0.2) is 11.5 Å². The van der Waals surface area contributed by atoms with Crippen molar-refractivity contribution in [3.05, 3.63) is 47.8 Å². The molecule has 7 heteroatoms. The van der Waals surface area contributed by atoms with E-state index < -0.39 is 0 Å². The second-order valence-corrected chi connectivity index (χ2v) is 6.41. The molecule has 2 aliphatic rings. The van der Waals surface area contributed by atoms with E-state index >= 15 is 0 Å². The summed E-state index contributed by atoms with van der Waals surface area (Å²) in [5, 5.41) is 0. The molecule has 2 amide bonds. The zero-order valence-electron chi connectivity index (χ0n) is 14.4. The first-order chi connectivity index (χ1) is 12.7. The summed E-state index contributed by atoms with van der Waals surface area (Å²) >= 11 is 0. The Labute approximate surface area is 151 Å². The molecule has 1 aromatic heterocycles. The fourth-order valence-electron chi connectivity index (χ4n) is 3.28. The van der Waals surface area contributed by atoms with Crippen LogP contribution in [0.25, 0.3) is 0 Å². The minimum Gasteiger partial charge on any atom is -0.486 e. The van der Waals surface area contributed by atoms with Gasteiger partial charge >= 0.3 is 0 Å². The molecule has 2 aromatic rings. The summed E-state index contributed by atoms with van der Waals surface area (Å²) in [6.45, 7) is 3.28. The standard InChI is InChI=1S/C19H21N3O4/c23-18(13-14-3-4-16-17(12-14)26-11-10-25-16)21-6-8-22(9-7-21)19(24)15-2-1-5-20-15/h1-5,12,20H,6-11,13H2. The molecule has 3 heterocycles. The minimum atomic E-state index is -0.0195. The van der Waals surface area contributed by atoms with Crippen LogP contribution >= 0.6 is 0 Å². The predicted octanol–water partition coefficient (Wildman–Crippen LogP) is 1.31. The Hall–Kier alpha value is -2.96. The second-order valence-electron chi connectivity index (χ2n) is 6.41. The van der Waals surface area contributed by atoms with Gasteiger partial charge in [-0.2, -0.15) is 0 Å². The Morgan fingerprint density at radius 2 is 1.69 bits per heavy atom. The van der Waals surface area contributed by atoms with Gasteiger partial charge < -0.3 is 24.3 Å². The Morgan fingerprint density at radius 3 is 2.42 bits per heavy atom. The van der Waals surface area contributed by atoms with E-state index in [1.54, 1.807) is 23.2 Å². The monoisotopic (exact) mass is 355 g/mol. The molecule has 26 heavy (non-hydrogen) atoms. The van der Waals surface area contributed by atoms with Gasteiger partial charge in [0.25, 0.3) is 5.91 Å². The molecular formula is C19H21N3O4. The molecule has 0 radical (unpaired) electrons. The molecule has 0 bridgehead atoms. The van der Waals surface area contributed by atoms with Crippen molar-refractivity contribution in [1.82, 2.24) is 14.8 Å². The molecule has 4 rings (SSSR count). The van der Waals surface area contributed by atoms with Gasteiger partial charge in [-0.3, -0.25) is 9.59 Å². The maximum atomic E-state index is 12.6. The number of ether oxygens (including phenoxy) is 2. The van der Waals surface area contributed by atoms with Gasteiger partial charge in [-0.1, -0.05) is 6.07 Å². The fourth-order valence-corrected chi connectivity index (χ4v) is 3.28. The van der Waals surface area contributed by atoms with Crippen LogP contribution in [-0.4, -0.2) is 66.0 Å². The maximum absolute atomic E-state index is 12.6. The lowest BCUT2D eigenvalue weighted by Gasteiger charge is -2.34. The minimum absolute atomic E-state index is 0.0195. The summed E-state index contributed by atoms with van der Waals surface area (Å²) in [7, 11) is 0. The average molecular weight is 355 g/mol. The number of nitrogens with zero attached hydrogens (tertiary/aromatic N) is 2. The Balaban J connectivity index is 1.33. The van der Waals surface area contributed by atoms with E-state index in [9.17, 15) is 9.59 Å². The third-order valence-electron chi connectivity index (χ3n) is 4.71. The van der Waals surface area contributed by atoms with Crippen molar-refractivity contribution in [1.29, 1.82) is 0 Å². The summed E-state index contributed by atoms with van der Waals surface area (Å²) in [6, 6.07) is 9.19. The van der Waals surface area contributed by atoms with E-state index in [1.807, 2.05) is 23.1 Å². The summed E-state index contributed by atoms with van der Waals surface area (Å²) in [5.41, 5.74) is 1.49. The smallest absolute Gasteiger partial charge is 0.270 e. The topological polar surface area (TPSA) is 74.9 Å². The SMILES string of the molecule is O=C(Cc1ccc2c(c1)OCCO2)N1CCN(C(=O)c2ccc[nH]2)CC1. The molecule has 2 aliphatic heterocycles. The van der Waals surface area contributed by atoms with Gasteiger partial charge in [0.05, 0.1) is 6.42 Å². The van der Waals surface area contributed by atoms with Crippen LogP contribution in [0.3, 0.4) is 0 Å². The molecule has 0 saturated carbocycles.